The first-order valence-electron chi connectivity index (χ1n) is 7.48. The zero-order valence-corrected chi connectivity index (χ0v) is 11.7. The molecule has 0 saturated carbocycles. The summed E-state index contributed by atoms with van der Waals surface area (Å²) in [5.41, 5.74) is 1.26. The summed E-state index contributed by atoms with van der Waals surface area (Å²) in [6.45, 7) is 2.23. The highest BCUT2D eigenvalue weighted by atomic mass is 16.3. The van der Waals surface area contributed by atoms with Crippen LogP contribution in [-0.2, 0) is 0 Å². The Balaban J connectivity index is 1.79. The molecule has 0 spiro atoms. The average Bonchev–Trinajstić information content (AvgIpc) is 2.90. The standard InChI is InChI=1S/C17H22N2O/c1-2-6-14(7-3-1)17(16-9-5-13-20-16)19-15-8-4-11-18-12-10-15/h1-3,5-7,9,13,15,17-19H,4,8,10-12H2. The lowest BCUT2D eigenvalue weighted by Crippen LogP contribution is -2.34. The summed E-state index contributed by atoms with van der Waals surface area (Å²) in [6, 6.07) is 15.3. The molecule has 2 aromatic rings. The van der Waals surface area contributed by atoms with Gasteiger partial charge in [-0.2, -0.15) is 0 Å². The molecule has 0 amide bonds. The molecule has 0 bridgehead atoms. The normalized spacial score (nSPS) is 21.3. The molecule has 1 aromatic heterocycles. The Morgan fingerprint density at radius 3 is 2.75 bits per heavy atom. The monoisotopic (exact) mass is 270 g/mol. The number of hydrogen-bond acceptors (Lipinski definition) is 3. The molecule has 0 radical (unpaired) electrons. The van der Waals surface area contributed by atoms with E-state index in [0.29, 0.717) is 6.04 Å². The Morgan fingerprint density at radius 1 is 1.05 bits per heavy atom. The predicted octanol–water partition coefficient (Wildman–Crippen LogP) is 3.10. The molecule has 3 heteroatoms. The van der Waals surface area contributed by atoms with Crippen molar-refractivity contribution in [2.45, 2.75) is 31.3 Å². The first-order chi connectivity index (χ1) is 9.93. The lowest BCUT2D eigenvalue weighted by atomic mass is 10.0. The van der Waals surface area contributed by atoms with Crippen LogP contribution in [0.25, 0.3) is 0 Å². The molecule has 0 aliphatic carbocycles. The second-order valence-corrected chi connectivity index (χ2v) is 5.40. The quantitative estimate of drug-likeness (QED) is 0.896. The van der Waals surface area contributed by atoms with Gasteiger partial charge in [-0.15, -0.1) is 0 Å². The molecular weight excluding hydrogens is 248 g/mol. The van der Waals surface area contributed by atoms with Crippen LogP contribution in [0.3, 0.4) is 0 Å². The lowest BCUT2D eigenvalue weighted by molar-refractivity contribution is 0.384. The van der Waals surface area contributed by atoms with E-state index in [4.69, 9.17) is 4.42 Å². The first-order valence-corrected chi connectivity index (χ1v) is 7.48. The fourth-order valence-corrected chi connectivity index (χ4v) is 2.87. The number of nitrogens with one attached hydrogen (secondary N) is 2. The van der Waals surface area contributed by atoms with Crippen molar-refractivity contribution in [2.75, 3.05) is 13.1 Å². The Bertz CT molecular complexity index is 487. The van der Waals surface area contributed by atoms with Gasteiger partial charge in [0.15, 0.2) is 0 Å². The maximum atomic E-state index is 5.64. The molecule has 3 nitrogen and oxygen atoms in total. The van der Waals surface area contributed by atoms with Crippen LogP contribution < -0.4 is 10.6 Å². The number of furan rings is 1. The van der Waals surface area contributed by atoms with Gasteiger partial charge in [-0.3, -0.25) is 0 Å². The third-order valence-corrected chi connectivity index (χ3v) is 3.94. The van der Waals surface area contributed by atoms with Gasteiger partial charge >= 0.3 is 0 Å². The van der Waals surface area contributed by atoms with E-state index in [0.717, 1.165) is 18.8 Å². The molecule has 2 unspecified atom stereocenters. The van der Waals surface area contributed by atoms with Crippen LogP contribution in [0, 0.1) is 0 Å². The lowest BCUT2D eigenvalue weighted by Gasteiger charge is -2.24. The molecule has 3 rings (SSSR count). The fourth-order valence-electron chi connectivity index (χ4n) is 2.87. The second kappa shape index (κ2) is 6.73. The second-order valence-electron chi connectivity index (χ2n) is 5.40. The molecule has 1 aliphatic heterocycles. The van der Waals surface area contributed by atoms with Crippen LogP contribution in [-0.4, -0.2) is 19.1 Å². The molecule has 106 valence electrons. The highest BCUT2D eigenvalue weighted by Crippen LogP contribution is 2.24. The molecule has 20 heavy (non-hydrogen) atoms. The molecule has 1 aliphatic rings. The van der Waals surface area contributed by atoms with E-state index >= 15 is 0 Å². The van der Waals surface area contributed by atoms with Gasteiger partial charge in [-0.25, -0.2) is 0 Å². The minimum atomic E-state index is 0.147. The minimum absolute atomic E-state index is 0.147. The van der Waals surface area contributed by atoms with E-state index < -0.39 is 0 Å². The molecule has 2 atom stereocenters. The van der Waals surface area contributed by atoms with Gasteiger partial charge in [0.05, 0.1) is 12.3 Å². The minimum Gasteiger partial charge on any atom is -0.467 e. The Kier molecular flexibility index (Phi) is 4.51. The van der Waals surface area contributed by atoms with Gasteiger partial charge < -0.3 is 15.1 Å². The summed E-state index contributed by atoms with van der Waals surface area (Å²) in [4.78, 5) is 0. The first kappa shape index (κ1) is 13.4. The molecule has 2 N–H and O–H groups in total. The maximum Gasteiger partial charge on any atom is 0.125 e. The van der Waals surface area contributed by atoms with E-state index in [1.807, 2.05) is 6.07 Å². The Labute approximate surface area is 120 Å². The van der Waals surface area contributed by atoms with Crippen molar-refractivity contribution < 1.29 is 4.42 Å². The number of benzene rings is 1. The molecule has 2 heterocycles. The van der Waals surface area contributed by atoms with E-state index in [9.17, 15) is 0 Å². The van der Waals surface area contributed by atoms with Crippen LogP contribution in [0.5, 0.6) is 0 Å². The number of rotatable bonds is 4. The molecule has 1 fully saturated rings. The Hall–Kier alpha value is -1.58. The van der Waals surface area contributed by atoms with Crippen molar-refractivity contribution in [2.24, 2.45) is 0 Å². The van der Waals surface area contributed by atoms with Gasteiger partial charge in [0, 0.05) is 6.04 Å². The molecule has 1 aromatic carbocycles. The molecule has 1 saturated heterocycles. The van der Waals surface area contributed by atoms with Crippen molar-refractivity contribution in [1.29, 1.82) is 0 Å². The van der Waals surface area contributed by atoms with Crippen LogP contribution in [0.2, 0.25) is 0 Å². The van der Waals surface area contributed by atoms with Gasteiger partial charge in [-0.1, -0.05) is 30.3 Å². The summed E-state index contributed by atoms with van der Waals surface area (Å²) in [6.07, 6.45) is 5.38. The predicted molar refractivity (Wildman–Crippen MR) is 80.6 cm³/mol. The van der Waals surface area contributed by atoms with Crippen LogP contribution in [0.4, 0.5) is 0 Å². The summed E-state index contributed by atoms with van der Waals surface area (Å²) in [7, 11) is 0. The zero-order chi connectivity index (χ0) is 13.6. The highest BCUT2D eigenvalue weighted by molar-refractivity contribution is 5.26. The van der Waals surface area contributed by atoms with Gasteiger partial charge in [0.25, 0.3) is 0 Å². The van der Waals surface area contributed by atoms with E-state index in [1.165, 1.54) is 24.8 Å². The summed E-state index contributed by atoms with van der Waals surface area (Å²) in [5.74, 6) is 0.994. The van der Waals surface area contributed by atoms with E-state index in [2.05, 4.69) is 47.0 Å². The smallest absolute Gasteiger partial charge is 0.125 e. The fraction of sp³-hybridized carbons (Fsp3) is 0.412. The van der Waals surface area contributed by atoms with Crippen molar-refractivity contribution in [1.82, 2.24) is 10.6 Å². The van der Waals surface area contributed by atoms with Gasteiger partial charge in [-0.05, 0) is 50.0 Å². The topological polar surface area (TPSA) is 37.2 Å². The summed E-state index contributed by atoms with van der Waals surface area (Å²) >= 11 is 0. The SMILES string of the molecule is c1ccc(C(NC2CCCNCC2)c2ccco2)cc1. The summed E-state index contributed by atoms with van der Waals surface area (Å²) in [5, 5.41) is 7.24. The zero-order valence-electron chi connectivity index (χ0n) is 11.7. The van der Waals surface area contributed by atoms with Crippen molar-refractivity contribution in [3.8, 4) is 0 Å². The van der Waals surface area contributed by atoms with Crippen LogP contribution in [0.15, 0.2) is 53.1 Å². The van der Waals surface area contributed by atoms with E-state index in [1.54, 1.807) is 6.26 Å². The average molecular weight is 270 g/mol. The third-order valence-electron chi connectivity index (χ3n) is 3.94. The Morgan fingerprint density at radius 2 is 1.95 bits per heavy atom. The highest BCUT2D eigenvalue weighted by Gasteiger charge is 2.21. The largest absolute Gasteiger partial charge is 0.467 e. The number of hydrogen-bond donors (Lipinski definition) is 2. The van der Waals surface area contributed by atoms with Gasteiger partial charge in [0.1, 0.15) is 5.76 Å². The third kappa shape index (κ3) is 3.30. The van der Waals surface area contributed by atoms with Crippen molar-refractivity contribution in [3.05, 3.63) is 60.1 Å². The van der Waals surface area contributed by atoms with Crippen molar-refractivity contribution in [3.63, 3.8) is 0 Å². The molecular formula is C17H22N2O. The van der Waals surface area contributed by atoms with Crippen LogP contribution in [0.1, 0.15) is 36.6 Å². The maximum absolute atomic E-state index is 5.64. The van der Waals surface area contributed by atoms with Crippen molar-refractivity contribution >= 4 is 0 Å². The van der Waals surface area contributed by atoms with Crippen LogP contribution >= 0.6 is 0 Å². The van der Waals surface area contributed by atoms with E-state index in [-0.39, 0.29) is 6.04 Å². The van der Waals surface area contributed by atoms with Gasteiger partial charge in [0.2, 0.25) is 0 Å². The summed E-state index contributed by atoms with van der Waals surface area (Å²) < 4.78 is 5.64.